The standard InChI is InChI=1S/C79H134N2.Ni/c1-5-9-13-16-19-22-24-26-28-30-32-34-36-38-40-42-44-46-48-51-53-56-59-62-74-66-70-76(71-67-74)80-78(64-12-8-4)79(65-61-58-55-50-21-18-15-11-7-3)81-77-72-68-75(69-73-77)63-60-57-54-52-49-47-45-43-41-39-37-35-33-31-29-27-25-23-20-17-14-10-6-2;/h59-60,62-63,66-73H,5-58,64H2,1-4H3;. The molecule has 0 fully saturated rings. The third-order valence-electron chi connectivity index (χ3n) is 17.0. The van der Waals surface area contributed by atoms with E-state index in [0.29, 0.717) is 0 Å². The van der Waals surface area contributed by atoms with Gasteiger partial charge in [0.2, 0.25) is 0 Å². The zero-order chi connectivity index (χ0) is 57.7. The van der Waals surface area contributed by atoms with Crippen LogP contribution < -0.4 is 0 Å². The van der Waals surface area contributed by atoms with Gasteiger partial charge >= 0.3 is 0 Å². The molecule has 0 spiro atoms. The molecule has 2 rings (SSSR count). The number of nitrogens with zero attached hydrogens (tertiary/aromatic N) is 2. The van der Waals surface area contributed by atoms with Crippen LogP contribution in [-0.2, 0) is 16.5 Å². The summed E-state index contributed by atoms with van der Waals surface area (Å²) >= 11 is 0. The first-order chi connectivity index (χ1) is 40.2. The molecular weight excluding hydrogens is 1040 g/mol. The van der Waals surface area contributed by atoms with E-state index in [9.17, 15) is 0 Å². The smallest absolute Gasteiger partial charge is 0.135 e. The molecule has 0 saturated carbocycles. The van der Waals surface area contributed by atoms with E-state index in [-0.39, 0.29) is 16.5 Å². The molecule has 0 heterocycles. The zero-order valence-electron chi connectivity index (χ0n) is 55.0. The van der Waals surface area contributed by atoms with Crippen LogP contribution >= 0.6 is 0 Å². The summed E-state index contributed by atoms with van der Waals surface area (Å²) in [7, 11) is 0. The Kier molecular flexibility index (Phi) is 59.3. The molecule has 2 nitrogen and oxygen atoms in total. The number of benzene rings is 2. The molecule has 0 atom stereocenters. The van der Waals surface area contributed by atoms with Crippen molar-refractivity contribution in [2.45, 2.75) is 381 Å². The van der Waals surface area contributed by atoms with Gasteiger partial charge in [0.05, 0.1) is 17.1 Å². The predicted molar refractivity (Wildman–Crippen MR) is 370 cm³/mol. The van der Waals surface area contributed by atoms with Crippen LogP contribution in [0.5, 0.6) is 0 Å². The molecule has 0 saturated heterocycles. The number of allylic oxidation sites excluding steroid dienone is 2. The van der Waals surface area contributed by atoms with Crippen molar-refractivity contribution in [3.63, 3.8) is 0 Å². The second-order valence-corrected chi connectivity index (χ2v) is 25.0. The Balaban J connectivity index is 0.0000336. The number of hydrogen-bond donors (Lipinski definition) is 0. The zero-order valence-corrected chi connectivity index (χ0v) is 56.0. The van der Waals surface area contributed by atoms with E-state index in [0.717, 1.165) is 67.7 Å². The second-order valence-electron chi connectivity index (χ2n) is 25.0. The fraction of sp³-hybridized carbons (Fsp3) is 0.747. The van der Waals surface area contributed by atoms with Crippen molar-refractivity contribution in [1.29, 1.82) is 0 Å². The number of rotatable bonds is 59. The monoisotopic (exact) mass is 1170 g/mol. The van der Waals surface area contributed by atoms with Crippen molar-refractivity contribution in [2.24, 2.45) is 9.98 Å². The molecule has 0 aliphatic heterocycles. The van der Waals surface area contributed by atoms with Crippen molar-refractivity contribution in [2.75, 3.05) is 0 Å². The summed E-state index contributed by atoms with van der Waals surface area (Å²) in [6.45, 7) is 9.17. The van der Waals surface area contributed by atoms with Gasteiger partial charge in [-0.15, -0.1) is 0 Å². The van der Waals surface area contributed by atoms with E-state index < -0.39 is 0 Å². The molecule has 2 aromatic carbocycles. The Hall–Kier alpha value is -2.69. The van der Waals surface area contributed by atoms with Crippen LogP contribution in [0.15, 0.2) is 70.7 Å². The molecule has 0 bridgehead atoms. The average Bonchev–Trinajstić information content (AvgIpc) is 3.48. The molecule has 0 aliphatic rings. The third kappa shape index (κ3) is 50.6. The Morgan fingerprint density at radius 3 is 0.854 bits per heavy atom. The molecule has 0 unspecified atom stereocenters. The van der Waals surface area contributed by atoms with E-state index in [1.165, 1.54) is 319 Å². The van der Waals surface area contributed by atoms with E-state index >= 15 is 0 Å². The van der Waals surface area contributed by atoms with Crippen LogP contribution in [-0.4, -0.2) is 11.4 Å². The van der Waals surface area contributed by atoms with Gasteiger partial charge in [0.1, 0.15) is 5.71 Å². The quantitative estimate of drug-likeness (QED) is 0.0273. The topological polar surface area (TPSA) is 24.7 Å². The Morgan fingerprint density at radius 2 is 0.561 bits per heavy atom. The molecule has 470 valence electrons. The van der Waals surface area contributed by atoms with Gasteiger partial charge in [-0.2, -0.15) is 0 Å². The molecular formula is C79H134N2Ni. The summed E-state index contributed by atoms with van der Waals surface area (Å²) in [5.74, 6) is 7.09. The normalized spacial score (nSPS) is 12.0. The van der Waals surface area contributed by atoms with Gasteiger partial charge in [0.15, 0.2) is 0 Å². The number of aliphatic imine (C=N–C) groups is 2. The van der Waals surface area contributed by atoms with E-state index in [1.54, 1.807) is 0 Å². The van der Waals surface area contributed by atoms with Crippen molar-refractivity contribution < 1.29 is 16.5 Å². The third-order valence-corrected chi connectivity index (χ3v) is 17.0. The summed E-state index contributed by atoms with van der Waals surface area (Å²) in [5, 5.41) is 0. The fourth-order valence-electron chi connectivity index (χ4n) is 11.5. The summed E-state index contributed by atoms with van der Waals surface area (Å²) in [6.07, 6.45) is 84.9. The van der Waals surface area contributed by atoms with Crippen LogP contribution in [0, 0.1) is 11.8 Å². The molecule has 3 heteroatoms. The van der Waals surface area contributed by atoms with Gasteiger partial charge in [-0.05, 0) is 86.3 Å². The molecule has 2 aromatic rings. The second kappa shape index (κ2) is 62.8. The van der Waals surface area contributed by atoms with Crippen molar-refractivity contribution in [3.05, 3.63) is 71.8 Å². The molecule has 0 aliphatic carbocycles. The van der Waals surface area contributed by atoms with Crippen LogP contribution in [0.1, 0.15) is 392 Å². The van der Waals surface area contributed by atoms with Crippen molar-refractivity contribution >= 4 is 35.0 Å². The van der Waals surface area contributed by atoms with Crippen LogP contribution in [0.4, 0.5) is 11.4 Å². The molecule has 0 aromatic heterocycles. The minimum Gasteiger partial charge on any atom is -0.251 e. The average molecular weight is 1170 g/mol. The van der Waals surface area contributed by atoms with E-state index in [1.807, 2.05) is 0 Å². The largest absolute Gasteiger partial charge is 0.251 e. The predicted octanol–water partition coefficient (Wildman–Crippen LogP) is 28.1. The molecule has 82 heavy (non-hydrogen) atoms. The molecule has 0 radical (unpaired) electrons. The first kappa shape index (κ1) is 77.3. The van der Waals surface area contributed by atoms with Gasteiger partial charge in [0, 0.05) is 22.9 Å². The van der Waals surface area contributed by atoms with E-state index in [2.05, 4.69) is 112 Å². The van der Waals surface area contributed by atoms with E-state index in [4.69, 9.17) is 9.98 Å². The van der Waals surface area contributed by atoms with Gasteiger partial charge in [-0.25, -0.2) is 4.99 Å². The first-order valence-corrected chi connectivity index (χ1v) is 36.4. The Morgan fingerprint density at radius 1 is 0.305 bits per heavy atom. The fourth-order valence-corrected chi connectivity index (χ4v) is 11.5. The first-order valence-electron chi connectivity index (χ1n) is 36.4. The summed E-state index contributed by atoms with van der Waals surface area (Å²) in [6, 6.07) is 17.6. The minimum atomic E-state index is 0. The summed E-state index contributed by atoms with van der Waals surface area (Å²) in [4.78, 5) is 10.5. The van der Waals surface area contributed by atoms with Gasteiger partial charge < -0.3 is 0 Å². The van der Waals surface area contributed by atoms with Gasteiger partial charge in [-0.1, -0.05) is 384 Å². The van der Waals surface area contributed by atoms with Crippen LogP contribution in [0.2, 0.25) is 0 Å². The van der Waals surface area contributed by atoms with Crippen LogP contribution in [0.3, 0.4) is 0 Å². The maximum atomic E-state index is 5.27. The molecule has 0 N–H and O–H groups in total. The minimum absolute atomic E-state index is 0. The van der Waals surface area contributed by atoms with Crippen LogP contribution in [0.25, 0.3) is 12.2 Å². The number of hydrogen-bond acceptors (Lipinski definition) is 2. The Labute approximate surface area is 522 Å². The summed E-state index contributed by atoms with van der Waals surface area (Å²) in [5.41, 5.74) is 6.28. The SMILES string of the molecule is CCCCCCCCCC#CC(=Nc1ccc(C=CCCCCCCCCCCCCCCCCCCCCCCC)cc1)C(CCCC)=Nc1ccc(C=CCCCCCCCCCCCCCCCCCCCCCCC)cc1.[Ni]. The van der Waals surface area contributed by atoms with Gasteiger partial charge in [0.25, 0.3) is 0 Å². The summed E-state index contributed by atoms with van der Waals surface area (Å²) < 4.78 is 0. The maximum Gasteiger partial charge on any atom is 0.135 e. The Bertz CT molecular complexity index is 1810. The maximum absolute atomic E-state index is 5.27. The van der Waals surface area contributed by atoms with Gasteiger partial charge in [-0.3, -0.25) is 4.99 Å². The molecule has 0 amide bonds. The van der Waals surface area contributed by atoms with Crippen molar-refractivity contribution in [1.82, 2.24) is 0 Å². The van der Waals surface area contributed by atoms with Crippen molar-refractivity contribution in [3.8, 4) is 11.8 Å². The number of unbranched alkanes of at least 4 members (excludes halogenated alkanes) is 50.